The highest BCUT2D eigenvalue weighted by Gasteiger charge is 2.07. The molecule has 6 heteroatoms. The summed E-state index contributed by atoms with van der Waals surface area (Å²) in [5, 5.41) is 5.21. The van der Waals surface area contributed by atoms with Gasteiger partial charge in [-0.05, 0) is 35.9 Å². The number of methoxy groups -OCH3 is 1. The first-order valence-electron chi connectivity index (χ1n) is 6.64. The van der Waals surface area contributed by atoms with E-state index in [1.165, 1.54) is 0 Å². The molecule has 0 heterocycles. The van der Waals surface area contributed by atoms with Crippen LogP contribution in [0, 0.1) is 0 Å². The van der Waals surface area contributed by atoms with Gasteiger partial charge in [-0.15, -0.1) is 0 Å². The zero-order valence-electron chi connectivity index (χ0n) is 12.1. The molecule has 2 aromatic carbocycles. The van der Waals surface area contributed by atoms with E-state index >= 15 is 0 Å². The number of nitrogens with one attached hydrogen (secondary N) is 2. The molecule has 0 bridgehead atoms. The van der Waals surface area contributed by atoms with Gasteiger partial charge in [0.1, 0.15) is 0 Å². The van der Waals surface area contributed by atoms with Crippen molar-refractivity contribution < 1.29 is 14.3 Å². The standard InChI is InChI=1S/C16H17N3O3/c1-22-10-11-5-7-12(8-6-11)15(20)18-13-3-2-4-14(9-13)19-16(17)21/h2-9H,10H2,1H3,(H,18,20)(H3,17,19,21). The van der Waals surface area contributed by atoms with E-state index in [1.54, 1.807) is 43.5 Å². The minimum Gasteiger partial charge on any atom is -0.380 e. The molecule has 3 amide bonds. The van der Waals surface area contributed by atoms with Gasteiger partial charge < -0.3 is 21.1 Å². The number of nitrogens with two attached hydrogens (primary N) is 1. The molecule has 0 aromatic heterocycles. The third kappa shape index (κ3) is 4.32. The Morgan fingerprint density at radius 1 is 1.05 bits per heavy atom. The summed E-state index contributed by atoms with van der Waals surface area (Å²) in [5.41, 5.74) is 7.67. The number of urea groups is 1. The second-order valence-corrected chi connectivity index (χ2v) is 4.65. The Labute approximate surface area is 128 Å². The minimum absolute atomic E-state index is 0.236. The maximum absolute atomic E-state index is 12.2. The molecule has 0 aliphatic heterocycles. The first kappa shape index (κ1) is 15.5. The summed E-state index contributed by atoms with van der Waals surface area (Å²) in [4.78, 5) is 23.0. The lowest BCUT2D eigenvalue weighted by molar-refractivity contribution is 0.102. The topological polar surface area (TPSA) is 93.4 Å². The molecule has 22 heavy (non-hydrogen) atoms. The molecule has 0 aliphatic rings. The van der Waals surface area contributed by atoms with E-state index in [9.17, 15) is 9.59 Å². The Morgan fingerprint density at radius 3 is 2.27 bits per heavy atom. The van der Waals surface area contributed by atoms with Crippen molar-refractivity contribution in [2.75, 3.05) is 17.7 Å². The van der Waals surface area contributed by atoms with E-state index in [1.807, 2.05) is 12.1 Å². The van der Waals surface area contributed by atoms with Crippen molar-refractivity contribution in [1.82, 2.24) is 0 Å². The summed E-state index contributed by atoms with van der Waals surface area (Å²) in [5.74, 6) is -0.236. The largest absolute Gasteiger partial charge is 0.380 e. The summed E-state index contributed by atoms with van der Waals surface area (Å²) in [7, 11) is 1.62. The SMILES string of the molecule is COCc1ccc(C(=O)Nc2cccc(NC(N)=O)c2)cc1. The van der Waals surface area contributed by atoms with Crippen LogP contribution in [0.4, 0.5) is 16.2 Å². The van der Waals surface area contributed by atoms with Crippen molar-refractivity contribution in [1.29, 1.82) is 0 Å². The number of primary amides is 1. The normalized spacial score (nSPS) is 10.0. The first-order chi connectivity index (χ1) is 10.6. The second kappa shape index (κ2) is 7.24. The maximum atomic E-state index is 12.2. The molecule has 0 fully saturated rings. The van der Waals surface area contributed by atoms with E-state index in [0.717, 1.165) is 5.56 Å². The molecule has 0 spiro atoms. The van der Waals surface area contributed by atoms with E-state index in [0.29, 0.717) is 23.5 Å². The van der Waals surface area contributed by atoms with Gasteiger partial charge >= 0.3 is 6.03 Å². The van der Waals surface area contributed by atoms with E-state index in [4.69, 9.17) is 10.5 Å². The number of amides is 3. The highest BCUT2D eigenvalue weighted by molar-refractivity contribution is 6.04. The molecule has 0 saturated heterocycles. The number of hydrogen-bond acceptors (Lipinski definition) is 3. The molecule has 0 radical (unpaired) electrons. The molecule has 0 atom stereocenters. The number of carbonyl (C=O) groups excluding carboxylic acids is 2. The smallest absolute Gasteiger partial charge is 0.316 e. The quantitative estimate of drug-likeness (QED) is 0.792. The number of carbonyl (C=O) groups is 2. The Balaban J connectivity index is 2.06. The average Bonchev–Trinajstić information content (AvgIpc) is 2.48. The lowest BCUT2D eigenvalue weighted by Crippen LogP contribution is -2.19. The van der Waals surface area contributed by atoms with Crippen LogP contribution in [0.1, 0.15) is 15.9 Å². The molecule has 2 rings (SSSR count). The van der Waals surface area contributed by atoms with E-state index in [-0.39, 0.29) is 5.91 Å². The number of ether oxygens (including phenoxy) is 1. The average molecular weight is 299 g/mol. The number of benzene rings is 2. The molecular weight excluding hydrogens is 282 g/mol. The summed E-state index contributed by atoms with van der Waals surface area (Å²) < 4.78 is 5.02. The number of hydrogen-bond donors (Lipinski definition) is 3. The summed E-state index contributed by atoms with van der Waals surface area (Å²) in [6.45, 7) is 0.503. The summed E-state index contributed by atoms with van der Waals surface area (Å²) in [6.07, 6.45) is 0. The van der Waals surface area contributed by atoms with Crippen LogP contribution in [-0.4, -0.2) is 19.0 Å². The predicted molar refractivity (Wildman–Crippen MR) is 84.8 cm³/mol. The van der Waals surface area contributed by atoms with Gasteiger partial charge in [-0.1, -0.05) is 18.2 Å². The lowest BCUT2D eigenvalue weighted by Gasteiger charge is -2.08. The van der Waals surface area contributed by atoms with Crippen LogP contribution < -0.4 is 16.4 Å². The molecule has 0 saturated carbocycles. The monoisotopic (exact) mass is 299 g/mol. The van der Waals surface area contributed by atoms with E-state index in [2.05, 4.69) is 10.6 Å². The van der Waals surface area contributed by atoms with Crippen LogP contribution in [0.15, 0.2) is 48.5 Å². The zero-order chi connectivity index (χ0) is 15.9. The fourth-order valence-electron chi connectivity index (χ4n) is 1.94. The molecule has 0 unspecified atom stereocenters. The van der Waals surface area contributed by atoms with E-state index < -0.39 is 6.03 Å². The van der Waals surface area contributed by atoms with Gasteiger partial charge in [0.2, 0.25) is 0 Å². The van der Waals surface area contributed by atoms with Gasteiger partial charge in [0.05, 0.1) is 6.61 Å². The maximum Gasteiger partial charge on any atom is 0.316 e. The van der Waals surface area contributed by atoms with Crippen molar-refractivity contribution in [2.45, 2.75) is 6.61 Å². The van der Waals surface area contributed by atoms with Crippen molar-refractivity contribution in [3.05, 3.63) is 59.7 Å². The minimum atomic E-state index is -0.655. The van der Waals surface area contributed by atoms with Crippen LogP contribution in [0.5, 0.6) is 0 Å². The number of rotatable bonds is 5. The van der Waals surface area contributed by atoms with Gasteiger partial charge in [-0.3, -0.25) is 4.79 Å². The molecule has 4 N–H and O–H groups in total. The molecular formula is C16H17N3O3. The molecule has 2 aromatic rings. The van der Waals surface area contributed by atoms with Crippen LogP contribution in [0.25, 0.3) is 0 Å². The van der Waals surface area contributed by atoms with Gasteiger partial charge in [-0.2, -0.15) is 0 Å². The Bertz CT molecular complexity index is 669. The Kier molecular flexibility index (Phi) is 5.11. The first-order valence-corrected chi connectivity index (χ1v) is 6.64. The predicted octanol–water partition coefficient (Wildman–Crippen LogP) is 2.58. The Hall–Kier alpha value is -2.86. The van der Waals surface area contributed by atoms with Gasteiger partial charge in [0.25, 0.3) is 5.91 Å². The summed E-state index contributed by atoms with van der Waals surface area (Å²) >= 11 is 0. The zero-order valence-corrected chi connectivity index (χ0v) is 12.1. The Morgan fingerprint density at radius 2 is 1.68 bits per heavy atom. The fraction of sp³-hybridized carbons (Fsp3) is 0.125. The van der Waals surface area contributed by atoms with Crippen molar-refractivity contribution >= 4 is 23.3 Å². The summed E-state index contributed by atoms with van der Waals surface area (Å²) in [6, 6.07) is 13.2. The van der Waals surface area contributed by atoms with Crippen LogP contribution in [0.3, 0.4) is 0 Å². The van der Waals surface area contributed by atoms with Crippen molar-refractivity contribution in [2.24, 2.45) is 5.73 Å². The van der Waals surface area contributed by atoms with Gasteiger partial charge in [-0.25, -0.2) is 4.79 Å². The highest BCUT2D eigenvalue weighted by Crippen LogP contribution is 2.16. The third-order valence-electron chi connectivity index (χ3n) is 2.92. The van der Waals surface area contributed by atoms with Crippen molar-refractivity contribution in [3.63, 3.8) is 0 Å². The molecule has 114 valence electrons. The van der Waals surface area contributed by atoms with Crippen LogP contribution >= 0.6 is 0 Å². The molecule has 0 aliphatic carbocycles. The van der Waals surface area contributed by atoms with Crippen molar-refractivity contribution in [3.8, 4) is 0 Å². The highest BCUT2D eigenvalue weighted by atomic mass is 16.5. The fourth-order valence-corrected chi connectivity index (χ4v) is 1.94. The second-order valence-electron chi connectivity index (χ2n) is 4.65. The van der Waals surface area contributed by atoms with Gasteiger partial charge in [0, 0.05) is 24.0 Å². The van der Waals surface area contributed by atoms with Crippen LogP contribution in [0.2, 0.25) is 0 Å². The number of anilines is 2. The third-order valence-corrected chi connectivity index (χ3v) is 2.92. The van der Waals surface area contributed by atoms with Gasteiger partial charge in [0.15, 0.2) is 0 Å². The lowest BCUT2D eigenvalue weighted by atomic mass is 10.1. The molecule has 6 nitrogen and oxygen atoms in total. The van der Waals surface area contributed by atoms with Crippen LogP contribution in [-0.2, 0) is 11.3 Å².